The normalized spacial score (nSPS) is 22.3. The molecule has 210 valence electrons. The van der Waals surface area contributed by atoms with E-state index in [1.807, 2.05) is 41.5 Å². The Bertz CT molecular complexity index is 743. The van der Waals surface area contributed by atoms with Crippen LogP contribution < -0.4 is 10.6 Å². The van der Waals surface area contributed by atoms with Gasteiger partial charge in [-0.05, 0) is 23.7 Å². The Labute approximate surface area is 214 Å². The van der Waals surface area contributed by atoms with Crippen molar-refractivity contribution in [2.45, 2.75) is 98.4 Å². The molecule has 11 heteroatoms. The van der Waals surface area contributed by atoms with Crippen LogP contribution in [0.2, 0.25) is 0 Å². The Morgan fingerprint density at radius 1 is 1.11 bits per heavy atom. The fourth-order valence-corrected chi connectivity index (χ4v) is 3.14. The van der Waals surface area contributed by atoms with Gasteiger partial charge in [-0.3, -0.25) is 9.59 Å². The van der Waals surface area contributed by atoms with Crippen LogP contribution in [0, 0.1) is 10.8 Å². The van der Waals surface area contributed by atoms with Crippen LogP contribution in [0.25, 0.3) is 0 Å². The topological polar surface area (TPSA) is 164 Å². The van der Waals surface area contributed by atoms with E-state index in [9.17, 15) is 29.7 Å². The summed E-state index contributed by atoms with van der Waals surface area (Å²) in [4.78, 5) is 37.1. The fourth-order valence-electron chi connectivity index (χ4n) is 3.14. The molecule has 1 aliphatic rings. The standard InChI is InChI=1S/C24H42N2O9.CH4/c1-23(2,3)11-10-16(27)17(28)18(29)19(33-7)21(31)26-15-9-8-14(12-25-20(15)30)35-22(32)34-13-24(4,5)6;/h10-11,14-19,27-29H,8-9,12-13H2,1-7H3,(H,25,30)(H,26,31);1H4/b11-10+;/t14-,15+,16-,17+,18-,19-;/m1./s1. The smallest absolute Gasteiger partial charge is 0.434 e. The third kappa shape index (κ3) is 12.2. The van der Waals surface area contributed by atoms with Gasteiger partial charge in [-0.1, -0.05) is 61.1 Å². The number of allylic oxidation sites excluding steroid dienone is 1. The number of nitrogens with one attached hydrogen (secondary N) is 2. The maximum Gasteiger partial charge on any atom is 0.508 e. The highest BCUT2D eigenvalue weighted by Gasteiger charge is 2.37. The van der Waals surface area contributed by atoms with Crippen molar-refractivity contribution in [1.82, 2.24) is 10.6 Å². The summed E-state index contributed by atoms with van der Waals surface area (Å²) in [5, 5.41) is 36.0. The van der Waals surface area contributed by atoms with E-state index in [2.05, 4.69) is 10.6 Å². The lowest BCUT2D eigenvalue weighted by molar-refractivity contribution is -0.150. The largest absolute Gasteiger partial charge is 0.508 e. The molecule has 0 aromatic heterocycles. The summed E-state index contributed by atoms with van der Waals surface area (Å²) < 4.78 is 15.4. The number of aliphatic hydroxyl groups excluding tert-OH is 3. The average molecular weight is 519 g/mol. The fraction of sp³-hybridized carbons (Fsp3) is 0.800. The van der Waals surface area contributed by atoms with Gasteiger partial charge in [0.1, 0.15) is 30.5 Å². The van der Waals surface area contributed by atoms with Gasteiger partial charge in [-0.25, -0.2) is 4.79 Å². The van der Waals surface area contributed by atoms with Crippen molar-refractivity contribution in [2.75, 3.05) is 20.3 Å². The average Bonchev–Trinajstić information content (AvgIpc) is 2.91. The number of amides is 2. The first-order chi connectivity index (χ1) is 16.0. The minimum absolute atomic E-state index is 0. The molecule has 0 unspecified atom stereocenters. The minimum atomic E-state index is -1.76. The van der Waals surface area contributed by atoms with E-state index in [-0.39, 0.29) is 44.2 Å². The Morgan fingerprint density at radius 2 is 1.72 bits per heavy atom. The van der Waals surface area contributed by atoms with Crippen molar-refractivity contribution in [2.24, 2.45) is 10.8 Å². The minimum Gasteiger partial charge on any atom is -0.434 e. The van der Waals surface area contributed by atoms with Gasteiger partial charge in [-0.2, -0.15) is 0 Å². The van der Waals surface area contributed by atoms with Crippen molar-refractivity contribution in [3.63, 3.8) is 0 Å². The summed E-state index contributed by atoms with van der Waals surface area (Å²) in [6.07, 6.45) is -4.49. The highest BCUT2D eigenvalue weighted by molar-refractivity contribution is 5.89. The number of carbonyl (C=O) groups excluding carboxylic acids is 3. The van der Waals surface area contributed by atoms with E-state index < -0.39 is 54.5 Å². The molecule has 5 N–H and O–H groups in total. The molecule has 2 amide bonds. The van der Waals surface area contributed by atoms with Crippen LogP contribution in [-0.4, -0.2) is 90.1 Å². The number of rotatable bonds is 9. The molecular formula is C25H46N2O9. The molecule has 1 saturated heterocycles. The molecule has 6 atom stereocenters. The third-order valence-corrected chi connectivity index (χ3v) is 5.12. The first-order valence-corrected chi connectivity index (χ1v) is 11.7. The molecule has 1 fully saturated rings. The molecule has 0 aromatic rings. The van der Waals surface area contributed by atoms with E-state index in [1.165, 1.54) is 6.08 Å². The summed E-state index contributed by atoms with van der Waals surface area (Å²) in [5.41, 5.74) is -0.484. The SMILES string of the molecule is C.CO[C@@H](C(=O)N[C@H]1CC[C@@H](OC(=O)OCC(C)(C)C)CNC1=O)[C@H](O)[C@@H](O)[C@H](O)/C=C/C(C)(C)C. The number of aliphatic hydroxyl groups is 3. The summed E-state index contributed by atoms with van der Waals surface area (Å²) >= 11 is 0. The van der Waals surface area contributed by atoms with Crippen LogP contribution >= 0.6 is 0 Å². The predicted octanol–water partition coefficient (Wildman–Crippen LogP) is 1.29. The number of methoxy groups -OCH3 is 1. The van der Waals surface area contributed by atoms with E-state index in [0.717, 1.165) is 7.11 Å². The zero-order valence-corrected chi connectivity index (χ0v) is 21.7. The predicted molar refractivity (Wildman–Crippen MR) is 134 cm³/mol. The number of hydrogen-bond donors (Lipinski definition) is 5. The summed E-state index contributed by atoms with van der Waals surface area (Å²) in [5.74, 6) is -1.33. The highest BCUT2D eigenvalue weighted by atomic mass is 16.7. The van der Waals surface area contributed by atoms with Gasteiger partial charge in [-0.15, -0.1) is 0 Å². The molecule has 11 nitrogen and oxygen atoms in total. The number of ether oxygens (including phenoxy) is 3. The van der Waals surface area contributed by atoms with E-state index in [1.54, 1.807) is 6.08 Å². The van der Waals surface area contributed by atoms with E-state index >= 15 is 0 Å². The lowest BCUT2D eigenvalue weighted by Gasteiger charge is -2.28. The molecule has 0 spiro atoms. The zero-order chi connectivity index (χ0) is 27.0. The van der Waals surface area contributed by atoms with Crippen molar-refractivity contribution < 1.29 is 43.9 Å². The Kier molecular flexibility index (Phi) is 13.6. The molecular weight excluding hydrogens is 472 g/mol. The zero-order valence-electron chi connectivity index (χ0n) is 21.7. The molecule has 0 saturated carbocycles. The highest BCUT2D eigenvalue weighted by Crippen LogP contribution is 2.18. The van der Waals surface area contributed by atoms with Crippen LogP contribution in [-0.2, 0) is 23.8 Å². The Balaban J connectivity index is 0.0000122. The van der Waals surface area contributed by atoms with Crippen molar-refractivity contribution >= 4 is 18.0 Å². The number of carbonyl (C=O) groups is 3. The van der Waals surface area contributed by atoms with Gasteiger partial charge in [0.25, 0.3) is 5.91 Å². The van der Waals surface area contributed by atoms with Gasteiger partial charge in [0, 0.05) is 7.11 Å². The maximum absolute atomic E-state index is 12.7. The molecule has 0 aromatic carbocycles. The second-order valence-corrected chi connectivity index (χ2v) is 11.1. The molecule has 0 radical (unpaired) electrons. The molecule has 0 bridgehead atoms. The summed E-state index contributed by atoms with van der Waals surface area (Å²) in [6, 6.07) is -0.977. The Hall–Kier alpha value is -2.21. The van der Waals surface area contributed by atoms with Crippen molar-refractivity contribution in [1.29, 1.82) is 0 Å². The van der Waals surface area contributed by atoms with Gasteiger partial charge < -0.3 is 40.2 Å². The van der Waals surface area contributed by atoms with Crippen molar-refractivity contribution in [3.05, 3.63) is 12.2 Å². The van der Waals surface area contributed by atoms with Gasteiger partial charge in [0.15, 0.2) is 6.10 Å². The lowest BCUT2D eigenvalue weighted by Crippen LogP contribution is -2.55. The summed E-state index contributed by atoms with van der Waals surface area (Å²) in [7, 11) is 1.16. The van der Waals surface area contributed by atoms with E-state index in [0.29, 0.717) is 0 Å². The van der Waals surface area contributed by atoms with Crippen LogP contribution in [0.15, 0.2) is 12.2 Å². The van der Waals surface area contributed by atoms with Gasteiger partial charge in [0.2, 0.25) is 5.91 Å². The molecule has 1 heterocycles. The molecule has 1 aliphatic heterocycles. The van der Waals surface area contributed by atoms with Gasteiger partial charge >= 0.3 is 6.16 Å². The van der Waals surface area contributed by atoms with Crippen LogP contribution in [0.4, 0.5) is 4.79 Å². The first-order valence-electron chi connectivity index (χ1n) is 11.7. The van der Waals surface area contributed by atoms with Crippen LogP contribution in [0.1, 0.15) is 61.8 Å². The van der Waals surface area contributed by atoms with E-state index in [4.69, 9.17) is 14.2 Å². The molecule has 1 rings (SSSR count). The quantitative estimate of drug-likeness (QED) is 0.223. The second kappa shape index (κ2) is 14.5. The number of hydrogen-bond acceptors (Lipinski definition) is 9. The Morgan fingerprint density at radius 3 is 2.25 bits per heavy atom. The monoisotopic (exact) mass is 518 g/mol. The third-order valence-electron chi connectivity index (χ3n) is 5.12. The molecule has 36 heavy (non-hydrogen) atoms. The molecule has 0 aliphatic carbocycles. The van der Waals surface area contributed by atoms with Crippen molar-refractivity contribution in [3.8, 4) is 0 Å². The summed E-state index contributed by atoms with van der Waals surface area (Å²) in [6.45, 7) is 11.6. The van der Waals surface area contributed by atoms with Gasteiger partial charge in [0.05, 0.1) is 13.2 Å². The lowest BCUT2D eigenvalue weighted by atomic mass is 9.94. The van der Waals surface area contributed by atoms with Crippen LogP contribution in [0.5, 0.6) is 0 Å². The second-order valence-electron chi connectivity index (χ2n) is 11.1. The maximum atomic E-state index is 12.7. The van der Waals surface area contributed by atoms with Crippen LogP contribution in [0.3, 0.4) is 0 Å². The first kappa shape index (κ1) is 33.8.